The molecule has 7 nitrogen and oxygen atoms in total. The van der Waals surface area contributed by atoms with E-state index in [-0.39, 0.29) is 14.5 Å². The third-order valence-corrected chi connectivity index (χ3v) is 9.19. The average molecular weight is 414 g/mol. The molecular formula is C13H23N3O4S4. The number of rotatable bonds is 7. The minimum absolute atomic E-state index is 0.0835. The van der Waals surface area contributed by atoms with E-state index in [2.05, 4.69) is 19.2 Å². The summed E-state index contributed by atoms with van der Waals surface area (Å²) in [7, 11) is -7.62. The second-order valence-corrected chi connectivity index (χ2v) is 12.0. The maximum absolute atomic E-state index is 12.8. The Morgan fingerprint density at radius 1 is 1.50 bits per heavy atom. The molecule has 24 heavy (non-hydrogen) atoms. The van der Waals surface area contributed by atoms with Gasteiger partial charge in [-0.15, -0.1) is 11.3 Å². The lowest BCUT2D eigenvalue weighted by Crippen LogP contribution is -2.44. The number of fused-ring (bicyclic) bond motifs is 1. The van der Waals surface area contributed by atoms with E-state index in [1.54, 1.807) is 11.8 Å². The van der Waals surface area contributed by atoms with Gasteiger partial charge in [0.2, 0.25) is 10.0 Å². The molecule has 1 aromatic heterocycles. The van der Waals surface area contributed by atoms with E-state index in [0.717, 1.165) is 11.3 Å². The van der Waals surface area contributed by atoms with Crippen LogP contribution in [0.5, 0.6) is 0 Å². The van der Waals surface area contributed by atoms with Crippen LogP contribution in [-0.4, -0.2) is 52.8 Å². The zero-order valence-electron chi connectivity index (χ0n) is 13.9. The van der Waals surface area contributed by atoms with Gasteiger partial charge in [-0.05, 0) is 24.8 Å². The second kappa shape index (κ2) is 7.60. The number of nitrogens with zero attached hydrogens (tertiary/aromatic N) is 1. The second-order valence-electron chi connectivity index (χ2n) is 6.06. The van der Waals surface area contributed by atoms with Crippen molar-refractivity contribution in [2.75, 3.05) is 31.6 Å². The van der Waals surface area contributed by atoms with Gasteiger partial charge in [0.05, 0.1) is 0 Å². The van der Waals surface area contributed by atoms with Crippen molar-refractivity contribution in [2.24, 2.45) is 11.1 Å². The van der Waals surface area contributed by atoms with Crippen molar-refractivity contribution in [1.29, 1.82) is 0 Å². The van der Waals surface area contributed by atoms with Crippen LogP contribution >= 0.6 is 23.1 Å². The molecule has 1 aromatic rings. The Hall–Kier alpha value is -0.170. The molecule has 0 saturated carbocycles. The molecule has 0 saturated heterocycles. The topological polar surface area (TPSA) is 110 Å². The number of thiophene rings is 1. The summed E-state index contributed by atoms with van der Waals surface area (Å²) in [6.07, 6.45) is 1.92. The highest BCUT2D eigenvalue weighted by Crippen LogP contribution is 2.39. The van der Waals surface area contributed by atoms with Crippen LogP contribution in [0.4, 0.5) is 0 Å². The molecule has 1 aliphatic rings. The molecule has 11 heteroatoms. The van der Waals surface area contributed by atoms with Crippen molar-refractivity contribution in [3.8, 4) is 0 Å². The van der Waals surface area contributed by atoms with Gasteiger partial charge in [0.15, 0.2) is 0 Å². The van der Waals surface area contributed by atoms with Crippen LogP contribution in [-0.2, 0) is 20.0 Å². The van der Waals surface area contributed by atoms with Crippen LogP contribution in [0.1, 0.15) is 25.5 Å². The maximum Gasteiger partial charge on any atom is 0.253 e. The number of hydrogen-bond donors (Lipinski definition) is 2. The van der Waals surface area contributed by atoms with Crippen molar-refractivity contribution in [3.05, 3.63) is 11.6 Å². The zero-order valence-corrected chi connectivity index (χ0v) is 17.1. The molecule has 0 bridgehead atoms. The van der Waals surface area contributed by atoms with Gasteiger partial charge in [-0.3, -0.25) is 0 Å². The number of nitrogens with one attached hydrogen (secondary N) is 1. The Labute approximate surface area is 152 Å². The smallest absolute Gasteiger partial charge is 0.253 e. The monoisotopic (exact) mass is 413 g/mol. The number of thioether (sulfide) groups is 1. The molecule has 0 radical (unpaired) electrons. The van der Waals surface area contributed by atoms with Gasteiger partial charge in [-0.1, -0.05) is 13.8 Å². The molecule has 1 aliphatic heterocycles. The van der Waals surface area contributed by atoms with Gasteiger partial charge < -0.3 is 5.32 Å². The van der Waals surface area contributed by atoms with Crippen molar-refractivity contribution in [3.63, 3.8) is 0 Å². The van der Waals surface area contributed by atoms with Crippen molar-refractivity contribution in [2.45, 2.75) is 28.3 Å². The first-order valence-corrected chi connectivity index (χ1v) is 12.7. The molecule has 3 N–H and O–H groups in total. The zero-order chi connectivity index (χ0) is 18.1. The van der Waals surface area contributed by atoms with Crippen molar-refractivity contribution >= 4 is 43.1 Å². The van der Waals surface area contributed by atoms with E-state index in [9.17, 15) is 16.8 Å². The fourth-order valence-electron chi connectivity index (χ4n) is 2.42. The number of sulfonamides is 2. The van der Waals surface area contributed by atoms with Crippen LogP contribution in [0.3, 0.4) is 0 Å². The molecule has 0 amide bonds. The highest BCUT2D eigenvalue weighted by molar-refractivity contribution is 7.98. The highest BCUT2D eigenvalue weighted by atomic mass is 32.3. The molecule has 0 fully saturated rings. The SMILES string of the molecule is CSCCN1CC(NCC(C)C)c2cc(S(N)(=O)=O)sc2S1(=O)=O. The maximum atomic E-state index is 12.8. The molecule has 1 atom stereocenters. The average Bonchev–Trinajstić information content (AvgIpc) is 2.91. The van der Waals surface area contributed by atoms with Crippen LogP contribution < -0.4 is 10.5 Å². The summed E-state index contributed by atoms with van der Waals surface area (Å²) < 4.78 is 50.3. The first kappa shape index (κ1) is 20.1. The van der Waals surface area contributed by atoms with E-state index in [1.807, 2.05) is 6.26 Å². The Morgan fingerprint density at radius 2 is 2.17 bits per heavy atom. The Bertz CT molecular complexity index is 786. The largest absolute Gasteiger partial charge is 0.309 e. The van der Waals surface area contributed by atoms with Gasteiger partial charge in [-0.2, -0.15) is 16.1 Å². The van der Waals surface area contributed by atoms with Gasteiger partial charge in [0, 0.05) is 30.4 Å². The lowest BCUT2D eigenvalue weighted by atomic mass is 10.1. The van der Waals surface area contributed by atoms with Gasteiger partial charge in [-0.25, -0.2) is 22.0 Å². The third kappa shape index (κ3) is 4.32. The summed E-state index contributed by atoms with van der Waals surface area (Å²) in [4.78, 5) is 0. The van der Waals surface area contributed by atoms with Crippen molar-refractivity contribution < 1.29 is 16.8 Å². The summed E-state index contributed by atoms with van der Waals surface area (Å²) in [6, 6.07) is 1.16. The molecule has 1 unspecified atom stereocenters. The quantitative estimate of drug-likeness (QED) is 0.691. The molecule has 2 heterocycles. The lowest BCUT2D eigenvalue weighted by molar-refractivity contribution is 0.344. The van der Waals surface area contributed by atoms with E-state index in [1.165, 1.54) is 10.4 Å². The lowest BCUT2D eigenvalue weighted by Gasteiger charge is -2.32. The highest BCUT2D eigenvalue weighted by Gasteiger charge is 2.39. The normalized spacial score (nSPS) is 21.1. The summed E-state index contributed by atoms with van der Waals surface area (Å²) in [5.41, 5.74) is 0.505. The number of nitrogens with two attached hydrogens (primary N) is 1. The van der Waals surface area contributed by atoms with Gasteiger partial charge in [0.25, 0.3) is 10.0 Å². The Morgan fingerprint density at radius 3 is 2.71 bits per heavy atom. The fraction of sp³-hybridized carbons (Fsp3) is 0.692. The molecule has 0 aromatic carbocycles. The Kier molecular flexibility index (Phi) is 6.38. The fourth-order valence-corrected chi connectivity index (χ4v) is 7.21. The number of primary sulfonamides is 1. The van der Waals surface area contributed by atoms with Gasteiger partial charge >= 0.3 is 0 Å². The minimum Gasteiger partial charge on any atom is -0.309 e. The summed E-state index contributed by atoms with van der Waals surface area (Å²) in [5.74, 6) is 1.07. The first-order chi connectivity index (χ1) is 11.1. The van der Waals surface area contributed by atoms with Crippen molar-refractivity contribution in [1.82, 2.24) is 9.62 Å². The summed E-state index contributed by atoms with van der Waals surface area (Å²) >= 11 is 2.30. The molecule has 0 spiro atoms. The molecular weight excluding hydrogens is 390 g/mol. The van der Waals surface area contributed by atoms with Gasteiger partial charge in [0.1, 0.15) is 8.42 Å². The summed E-state index contributed by atoms with van der Waals surface area (Å²) in [5, 5.41) is 8.53. The summed E-state index contributed by atoms with van der Waals surface area (Å²) in [6.45, 7) is 5.51. The predicted octanol–water partition coefficient (Wildman–Crippen LogP) is 1.05. The van der Waals surface area contributed by atoms with E-state index >= 15 is 0 Å². The Balaban J connectivity index is 2.47. The number of hydrogen-bond acceptors (Lipinski definition) is 7. The standard InChI is InChI=1S/C13H23N3O4S4/c1-9(2)7-15-11-8-16(4-5-21-3)24(19,20)13-10(11)6-12(22-13)23(14,17)18/h6,9,11,15H,4-5,7-8H2,1-3H3,(H2,14,17,18). The van der Waals surface area contributed by atoms with E-state index < -0.39 is 20.0 Å². The predicted molar refractivity (Wildman–Crippen MR) is 98.4 cm³/mol. The molecule has 0 aliphatic carbocycles. The van der Waals surface area contributed by atoms with E-state index in [0.29, 0.717) is 36.9 Å². The first-order valence-electron chi connectivity index (χ1n) is 7.46. The van der Waals surface area contributed by atoms with Crippen LogP contribution in [0.25, 0.3) is 0 Å². The van der Waals surface area contributed by atoms with Crippen LogP contribution in [0.15, 0.2) is 14.5 Å². The van der Waals surface area contributed by atoms with Crippen LogP contribution in [0.2, 0.25) is 0 Å². The molecule has 138 valence electrons. The van der Waals surface area contributed by atoms with E-state index in [4.69, 9.17) is 5.14 Å². The minimum atomic E-state index is -3.93. The third-order valence-electron chi connectivity index (χ3n) is 3.64. The molecule has 2 rings (SSSR count). The van der Waals surface area contributed by atoms with Crippen LogP contribution in [0, 0.1) is 5.92 Å².